The van der Waals surface area contributed by atoms with Gasteiger partial charge in [0.25, 0.3) is 0 Å². The number of alkyl halides is 1. The zero-order valence-electron chi connectivity index (χ0n) is 9.21. The summed E-state index contributed by atoms with van der Waals surface area (Å²) in [5.41, 5.74) is 2.51. The summed E-state index contributed by atoms with van der Waals surface area (Å²) in [7, 11) is 0. The van der Waals surface area contributed by atoms with Crippen molar-refractivity contribution in [3.8, 4) is 0 Å². The summed E-state index contributed by atoms with van der Waals surface area (Å²) in [5, 5.41) is 0.824. The molecule has 2 heteroatoms. The predicted octanol–water partition coefficient (Wildman–Crippen LogP) is 4.60. The molecular weight excluding hydrogens is 239 g/mol. The molecule has 0 bridgehead atoms. The minimum atomic E-state index is -0.360. The van der Waals surface area contributed by atoms with Crippen LogP contribution in [0.3, 0.4) is 0 Å². The average molecular weight is 253 g/mol. The SMILES string of the molecule is Cc1ccc(CC2(Cl)C=CC=C(Cl)C2)cc1. The van der Waals surface area contributed by atoms with Gasteiger partial charge in [-0.05, 0) is 25.0 Å². The standard InChI is InChI=1S/C14H14Cl2/c1-11-4-6-12(7-5-11)9-14(16)8-2-3-13(15)10-14/h2-8H,9-10H2,1H3. The molecular formula is C14H14Cl2. The van der Waals surface area contributed by atoms with Crippen molar-refractivity contribution in [3.63, 3.8) is 0 Å². The molecule has 0 saturated carbocycles. The first kappa shape index (κ1) is 11.8. The Hall–Kier alpha value is -0.720. The Morgan fingerprint density at radius 1 is 1.25 bits per heavy atom. The van der Waals surface area contributed by atoms with Crippen molar-refractivity contribution in [2.75, 3.05) is 0 Å². The summed E-state index contributed by atoms with van der Waals surface area (Å²) in [6, 6.07) is 8.47. The molecule has 0 aliphatic heterocycles. The summed E-state index contributed by atoms with van der Waals surface area (Å²) >= 11 is 12.6. The van der Waals surface area contributed by atoms with E-state index in [1.54, 1.807) is 0 Å². The third kappa shape index (κ3) is 2.90. The van der Waals surface area contributed by atoms with E-state index < -0.39 is 0 Å². The van der Waals surface area contributed by atoms with Gasteiger partial charge in [-0.3, -0.25) is 0 Å². The van der Waals surface area contributed by atoms with Gasteiger partial charge in [0.05, 0.1) is 4.87 Å². The van der Waals surface area contributed by atoms with Crippen LogP contribution in [0.2, 0.25) is 0 Å². The summed E-state index contributed by atoms with van der Waals surface area (Å²) < 4.78 is 0. The Bertz CT molecular complexity index is 429. The Labute approximate surface area is 107 Å². The van der Waals surface area contributed by atoms with Crippen molar-refractivity contribution in [2.24, 2.45) is 0 Å². The first-order valence-electron chi connectivity index (χ1n) is 5.36. The summed E-state index contributed by atoms with van der Waals surface area (Å²) in [5.74, 6) is 0. The van der Waals surface area contributed by atoms with E-state index in [0.29, 0.717) is 6.42 Å². The molecule has 0 fully saturated rings. The minimum Gasteiger partial charge on any atom is -0.114 e. The minimum absolute atomic E-state index is 0.360. The van der Waals surface area contributed by atoms with Crippen molar-refractivity contribution >= 4 is 23.2 Å². The Morgan fingerprint density at radius 2 is 1.94 bits per heavy atom. The molecule has 0 spiro atoms. The van der Waals surface area contributed by atoms with E-state index in [2.05, 4.69) is 31.2 Å². The Balaban J connectivity index is 2.13. The van der Waals surface area contributed by atoms with E-state index in [9.17, 15) is 0 Å². The number of hydrogen-bond acceptors (Lipinski definition) is 0. The van der Waals surface area contributed by atoms with Crippen LogP contribution in [0.5, 0.6) is 0 Å². The molecule has 0 nitrogen and oxygen atoms in total. The van der Waals surface area contributed by atoms with E-state index in [1.165, 1.54) is 11.1 Å². The van der Waals surface area contributed by atoms with Crippen LogP contribution in [-0.4, -0.2) is 4.87 Å². The maximum atomic E-state index is 6.53. The highest BCUT2D eigenvalue weighted by Crippen LogP contribution is 2.34. The lowest BCUT2D eigenvalue weighted by Crippen LogP contribution is -2.23. The van der Waals surface area contributed by atoms with Crippen LogP contribution >= 0.6 is 23.2 Å². The van der Waals surface area contributed by atoms with Gasteiger partial charge >= 0.3 is 0 Å². The molecule has 0 amide bonds. The van der Waals surface area contributed by atoms with E-state index in [0.717, 1.165) is 11.5 Å². The van der Waals surface area contributed by atoms with Gasteiger partial charge in [-0.1, -0.05) is 53.6 Å². The molecule has 16 heavy (non-hydrogen) atoms. The van der Waals surface area contributed by atoms with Crippen LogP contribution in [0.1, 0.15) is 17.5 Å². The van der Waals surface area contributed by atoms with Crippen LogP contribution in [0, 0.1) is 6.92 Å². The van der Waals surface area contributed by atoms with Crippen molar-refractivity contribution in [3.05, 3.63) is 58.7 Å². The maximum Gasteiger partial charge on any atom is 0.0718 e. The molecule has 1 aliphatic rings. The molecule has 84 valence electrons. The fraction of sp³-hybridized carbons (Fsp3) is 0.286. The Morgan fingerprint density at radius 3 is 2.56 bits per heavy atom. The second-order valence-corrected chi connectivity index (χ2v) is 5.58. The fourth-order valence-corrected chi connectivity index (χ4v) is 2.64. The molecule has 1 aliphatic carbocycles. The predicted molar refractivity (Wildman–Crippen MR) is 71.2 cm³/mol. The second-order valence-electron chi connectivity index (χ2n) is 4.35. The normalized spacial score (nSPS) is 24.3. The molecule has 1 aromatic rings. The van der Waals surface area contributed by atoms with Gasteiger partial charge in [-0.25, -0.2) is 0 Å². The highest BCUT2D eigenvalue weighted by Gasteiger charge is 2.27. The van der Waals surface area contributed by atoms with E-state index in [1.807, 2.05) is 18.2 Å². The van der Waals surface area contributed by atoms with Crippen LogP contribution in [-0.2, 0) is 6.42 Å². The summed E-state index contributed by atoms with van der Waals surface area (Å²) in [6.45, 7) is 2.08. The number of hydrogen-bond donors (Lipinski definition) is 0. The fourth-order valence-electron chi connectivity index (χ4n) is 1.89. The van der Waals surface area contributed by atoms with Gasteiger partial charge < -0.3 is 0 Å². The van der Waals surface area contributed by atoms with Gasteiger partial charge in [-0.2, -0.15) is 0 Å². The number of benzene rings is 1. The highest BCUT2D eigenvalue weighted by molar-refractivity contribution is 6.32. The molecule has 1 unspecified atom stereocenters. The number of halogens is 2. The largest absolute Gasteiger partial charge is 0.114 e. The molecule has 0 saturated heterocycles. The lowest BCUT2D eigenvalue weighted by Gasteiger charge is -2.25. The zero-order chi connectivity index (χ0) is 11.6. The van der Waals surface area contributed by atoms with Gasteiger partial charge in [0.1, 0.15) is 0 Å². The smallest absolute Gasteiger partial charge is 0.0718 e. The first-order valence-corrected chi connectivity index (χ1v) is 6.11. The van der Waals surface area contributed by atoms with Crippen LogP contribution in [0.15, 0.2) is 47.5 Å². The maximum absolute atomic E-state index is 6.53. The molecule has 0 heterocycles. The van der Waals surface area contributed by atoms with Crippen LogP contribution in [0.25, 0.3) is 0 Å². The second kappa shape index (κ2) is 4.65. The third-order valence-electron chi connectivity index (χ3n) is 2.75. The Kier molecular flexibility index (Phi) is 3.41. The van der Waals surface area contributed by atoms with Crippen molar-refractivity contribution in [1.82, 2.24) is 0 Å². The summed E-state index contributed by atoms with van der Waals surface area (Å²) in [4.78, 5) is -0.360. The van der Waals surface area contributed by atoms with Gasteiger partial charge in [0.2, 0.25) is 0 Å². The average Bonchev–Trinajstić information content (AvgIpc) is 2.21. The number of rotatable bonds is 2. The van der Waals surface area contributed by atoms with E-state index >= 15 is 0 Å². The van der Waals surface area contributed by atoms with Gasteiger partial charge in [0, 0.05) is 11.5 Å². The molecule has 0 N–H and O–H groups in total. The van der Waals surface area contributed by atoms with Crippen LogP contribution in [0.4, 0.5) is 0 Å². The summed E-state index contributed by atoms with van der Waals surface area (Å²) in [6.07, 6.45) is 7.39. The van der Waals surface area contributed by atoms with Gasteiger partial charge in [0.15, 0.2) is 0 Å². The van der Waals surface area contributed by atoms with Crippen molar-refractivity contribution in [2.45, 2.75) is 24.6 Å². The molecule has 0 radical (unpaired) electrons. The van der Waals surface area contributed by atoms with Crippen molar-refractivity contribution < 1.29 is 0 Å². The zero-order valence-corrected chi connectivity index (χ0v) is 10.7. The highest BCUT2D eigenvalue weighted by atomic mass is 35.5. The molecule has 1 atom stereocenters. The quantitative estimate of drug-likeness (QED) is 0.676. The van der Waals surface area contributed by atoms with Crippen LogP contribution < -0.4 is 0 Å². The molecule has 0 aromatic heterocycles. The van der Waals surface area contributed by atoms with E-state index in [-0.39, 0.29) is 4.87 Å². The number of aryl methyl sites for hydroxylation is 1. The lowest BCUT2D eigenvalue weighted by atomic mass is 9.92. The number of allylic oxidation sites excluding steroid dienone is 4. The third-order valence-corrected chi connectivity index (χ3v) is 3.41. The van der Waals surface area contributed by atoms with Crippen molar-refractivity contribution in [1.29, 1.82) is 0 Å². The first-order chi connectivity index (χ1) is 7.57. The molecule has 1 aromatic carbocycles. The molecule has 2 rings (SSSR count). The van der Waals surface area contributed by atoms with E-state index in [4.69, 9.17) is 23.2 Å². The van der Waals surface area contributed by atoms with Gasteiger partial charge in [-0.15, -0.1) is 11.6 Å². The topological polar surface area (TPSA) is 0 Å². The monoisotopic (exact) mass is 252 g/mol. The lowest BCUT2D eigenvalue weighted by molar-refractivity contribution is 0.690.